The summed E-state index contributed by atoms with van der Waals surface area (Å²) in [6.45, 7) is 7.63. The van der Waals surface area contributed by atoms with E-state index in [1.165, 1.54) is 0 Å². The molecule has 0 atom stereocenters. The van der Waals surface area contributed by atoms with Gasteiger partial charge in [-0.15, -0.1) is 6.58 Å². The van der Waals surface area contributed by atoms with Gasteiger partial charge in [-0.2, -0.15) is 0 Å². The van der Waals surface area contributed by atoms with E-state index in [1.807, 2.05) is 13.8 Å². The zero-order chi connectivity index (χ0) is 12.3. The Morgan fingerprint density at radius 3 is 2.25 bits per heavy atom. The van der Waals surface area contributed by atoms with E-state index in [-0.39, 0.29) is 11.2 Å². The molecule has 1 aromatic rings. The van der Waals surface area contributed by atoms with Gasteiger partial charge in [-0.3, -0.25) is 4.79 Å². The standard InChI is InChI=1S/C13H14Cl2O/c1-4-13(2,3)8-12(16)9-5-10(14)7-11(15)6-9/h4-7H,1,8H2,2-3H3. The number of ketones is 1. The average molecular weight is 257 g/mol. The van der Waals surface area contributed by atoms with Gasteiger partial charge >= 0.3 is 0 Å². The lowest BCUT2D eigenvalue weighted by atomic mass is 9.86. The zero-order valence-corrected chi connectivity index (χ0v) is 10.9. The predicted octanol–water partition coefficient (Wildman–Crippen LogP) is 4.78. The fourth-order valence-electron chi connectivity index (χ4n) is 1.30. The molecule has 0 spiro atoms. The van der Waals surface area contributed by atoms with Crippen molar-refractivity contribution >= 4 is 29.0 Å². The number of halogens is 2. The van der Waals surface area contributed by atoms with Crippen molar-refractivity contribution in [1.82, 2.24) is 0 Å². The predicted molar refractivity (Wildman–Crippen MR) is 69.4 cm³/mol. The van der Waals surface area contributed by atoms with Crippen molar-refractivity contribution in [2.24, 2.45) is 5.41 Å². The Balaban J connectivity index is 2.93. The van der Waals surface area contributed by atoms with Crippen molar-refractivity contribution in [1.29, 1.82) is 0 Å². The lowest BCUT2D eigenvalue weighted by Gasteiger charge is -2.18. The van der Waals surface area contributed by atoms with Gasteiger partial charge in [0.2, 0.25) is 0 Å². The van der Waals surface area contributed by atoms with Crippen molar-refractivity contribution in [3.8, 4) is 0 Å². The normalized spacial score (nSPS) is 11.2. The number of hydrogen-bond donors (Lipinski definition) is 0. The minimum atomic E-state index is -0.216. The molecule has 86 valence electrons. The second-order valence-electron chi connectivity index (χ2n) is 4.45. The van der Waals surface area contributed by atoms with E-state index in [2.05, 4.69) is 6.58 Å². The molecule has 0 aromatic heterocycles. The van der Waals surface area contributed by atoms with E-state index in [0.717, 1.165) is 0 Å². The first-order chi connectivity index (χ1) is 7.34. The van der Waals surface area contributed by atoms with Gasteiger partial charge in [0, 0.05) is 22.0 Å². The van der Waals surface area contributed by atoms with E-state index < -0.39 is 0 Å². The van der Waals surface area contributed by atoms with Gasteiger partial charge in [0.25, 0.3) is 0 Å². The summed E-state index contributed by atoms with van der Waals surface area (Å²) in [6, 6.07) is 4.88. The van der Waals surface area contributed by atoms with E-state index >= 15 is 0 Å². The van der Waals surface area contributed by atoms with Gasteiger partial charge in [-0.05, 0) is 23.6 Å². The van der Waals surface area contributed by atoms with Crippen LogP contribution in [0.4, 0.5) is 0 Å². The maximum atomic E-state index is 12.0. The summed E-state index contributed by atoms with van der Waals surface area (Å²) in [4.78, 5) is 12.0. The lowest BCUT2D eigenvalue weighted by molar-refractivity contribution is 0.0950. The van der Waals surface area contributed by atoms with Crippen LogP contribution >= 0.6 is 23.2 Å². The van der Waals surface area contributed by atoms with Gasteiger partial charge < -0.3 is 0 Å². The van der Waals surface area contributed by atoms with Crippen molar-refractivity contribution in [2.75, 3.05) is 0 Å². The van der Waals surface area contributed by atoms with Crippen LogP contribution in [0.2, 0.25) is 10.0 Å². The minimum absolute atomic E-state index is 0.0225. The summed E-state index contributed by atoms with van der Waals surface area (Å²) in [7, 11) is 0. The van der Waals surface area contributed by atoms with Gasteiger partial charge in [0.1, 0.15) is 0 Å². The average Bonchev–Trinajstić information content (AvgIpc) is 2.15. The molecule has 0 fully saturated rings. The maximum Gasteiger partial charge on any atom is 0.163 e. The molecule has 3 heteroatoms. The number of benzene rings is 1. The summed E-state index contributed by atoms with van der Waals surface area (Å²) in [5.74, 6) is 0.0225. The third-order valence-corrected chi connectivity index (χ3v) is 2.79. The first-order valence-electron chi connectivity index (χ1n) is 4.97. The van der Waals surface area contributed by atoms with E-state index in [9.17, 15) is 4.79 Å². The van der Waals surface area contributed by atoms with Crippen LogP contribution < -0.4 is 0 Å². The van der Waals surface area contributed by atoms with Crippen molar-refractivity contribution < 1.29 is 4.79 Å². The Hall–Kier alpha value is -0.790. The molecule has 0 heterocycles. The highest BCUT2D eigenvalue weighted by molar-refractivity contribution is 6.35. The van der Waals surface area contributed by atoms with Gasteiger partial charge in [-0.25, -0.2) is 0 Å². The molecule has 1 nitrogen and oxygen atoms in total. The fraction of sp³-hybridized carbons (Fsp3) is 0.308. The molecule has 16 heavy (non-hydrogen) atoms. The van der Waals surface area contributed by atoms with E-state index in [1.54, 1.807) is 24.3 Å². The van der Waals surface area contributed by atoms with Crippen LogP contribution in [0.15, 0.2) is 30.9 Å². The Morgan fingerprint density at radius 1 is 1.31 bits per heavy atom. The number of rotatable bonds is 4. The van der Waals surface area contributed by atoms with Crippen LogP contribution in [0.25, 0.3) is 0 Å². The molecule has 0 saturated heterocycles. The highest BCUT2D eigenvalue weighted by atomic mass is 35.5. The molecule has 0 aliphatic heterocycles. The molecule has 0 N–H and O–H groups in total. The highest BCUT2D eigenvalue weighted by Gasteiger charge is 2.19. The molecular formula is C13H14Cl2O. The Bertz CT molecular complexity index is 402. The highest BCUT2D eigenvalue weighted by Crippen LogP contribution is 2.26. The van der Waals surface area contributed by atoms with Crippen LogP contribution in [-0.2, 0) is 0 Å². The molecule has 0 saturated carbocycles. The van der Waals surface area contributed by atoms with Crippen LogP contribution in [0.3, 0.4) is 0 Å². The monoisotopic (exact) mass is 256 g/mol. The first kappa shape index (κ1) is 13.3. The summed E-state index contributed by atoms with van der Waals surface area (Å²) < 4.78 is 0. The lowest BCUT2D eigenvalue weighted by Crippen LogP contribution is -2.14. The molecular weight excluding hydrogens is 243 g/mol. The molecule has 1 aromatic carbocycles. The second kappa shape index (κ2) is 5.03. The van der Waals surface area contributed by atoms with Crippen molar-refractivity contribution in [2.45, 2.75) is 20.3 Å². The number of carbonyl (C=O) groups is 1. The summed E-state index contributed by atoms with van der Waals surface area (Å²) >= 11 is 11.7. The molecule has 0 radical (unpaired) electrons. The SMILES string of the molecule is C=CC(C)(C)CC(=O)c1cc(Cl)cc(Cl)c1. The summed E-state index contributed by atoms with van der Waals surface area (Å²) in [5, 5.41) is 0.958. The Kier molecular flexibility index (Phi) is 4.17. The molecule has 0 unspecified atom stereocenters. The summed E-state index contributed by atoms with van der Waals surface area (Å²) in [5.41, 5.74) is 0.332. The number of allylic oxidation sites excluding steroid dienone is 1. The van der Waals surface area contributed by atoms with Gasteiger partial charge in [0.05, 0.1) is 0 Å². The second-order valence-corrected chi connectivity index (χ2v) is 5.32. The fourth-order valence-corrected chi connectivity index (χ4v) is 1.83. The first-order valence-corrected chi connectivity index (χ1v) is 5.72. The zero-order valence-electron chi connectivity index (χ0n) is 9.39. The van der Waals surface area contributed by atoms with E-state index in [4.69, 9.17) is 23.2 Å². The third-order valence-electron chi connectivity index (χ3n) is 2.35. The van der Waals surface area contributed by atoms with Crippen LogP contribution in [0.5, 0.6) is 0 Å². The van der Waals surface area contributed by atoms with Crippen molar-refractivity contribution in [3.05, 3.63) is 46.5 Å². The summed E-state index contributed by atoms with van der Waals surface area (Å²) in [6.07, 6.45) is 2.17. The quantitative estimate of drug-likeness (QED) is 0.560. The molecule has 0 amide bonds. The Morgan fingerprint density at radius 2 is 1.81 bits per heavy atom. The van der Waals surface area contributed by atoms with Gasteiger partial charge in [-0.1, -0.05) is 43.1 Å². The Labute approximate surface area is 106 Å². The molecule has 0 aliphatic carbocycles. The van der Waals surface area contributed by atoms with Crippen LogP contribution in [-0.4, -0.2) is 5.78 Å². The maximum absolute atomic E-state index is 12.0. The largest absolute Gasteiger partial charge is 0.294 e. The topological polar surface area (TPSA) is 17.1 Å². The number of Topliss-reactive ketones (excluding diaryl/α,β-unsaturated/α-hetero) is 1. The van der Waals surface area contributed by atoms with Crippen LogP contribution in [0.1, 0.15) is 30.6 Å². The number of hydrogen-bond acceptors (Lipinski definition) is 1. The number of carbonyl (C=O) groups excluding carboxylic acids is 1. The molecule has 0 aliphatic rings. The van der Waals surface area contributed by atoms with Crippen LogP contribution in [0, 0.1) is 5.41 Å². The molecule has 0 bridgehead atoms. The smallest absolute Gasteiger partial charge is 0.163 e. The van der Waals surface area contributed by atoms with Crippen molar-refractivity contribution in [3.63, 3.8) is 0 Å². The van der Waals surface area contributed by atoms with E-state index in [0.29, 0.717) is 22.0 Å². The van der Waals surface area contributed by atoms with Gasteiger partial charge in [0.15, 0.2) is 5.78 Å². The molecule has 1 rings (SSSR count). The third kappa shape index (κ3) is 3.66. The minimum Gasteiger partial charge on any atom is -0.294 e.